The number of carbonyl (C=O) groups excluding carboxylic acids is 5. The number of likely N-dealkylation sites (N-methyl/N-ethyl adjacent to an activating group) is 1. The lowest BCUT2D eigenvalue weighted by molar-refractivity contribution is -0.181. The number of ether oxygens (including phenoxy) is 1. The first kappa shape index (κ1) is 28.2. The van der Waals surface area contributed by atoms with Crippen molar-refractivity contribution in [2.24, 2.45) is 29.4 Å². The molecular weight excluding hydrogens is 542 g/mol. The first-order valence-corrected chi connectivity index (χ1v) is 14.0. The minimum Gasteiger partial charge on any atom is -0.507 e. The Morgan fingerprint density at radius 1 is 1.12 bits per heavy atom. The van der Waals surface area contributed by atoms with E-state index in [-0.39, 0.29) is 24.2 Å². The Labute approximate surface area is 242 Å². The molecule has 4 N–H and O–H groups in total. The van der Waals surface area contributed by atoms with Gasteiger partial charge in [-0.05, 0) is 50.0 Å². The molecule has 2 aromatic carbocycles. The number of hydrogen-bond donors (Lipinski definition) is 3. The molecule has 6 atom stereocenters. The van der Waals surface area contributed by atoms with Gasteiger partial charge in [-0.3, -0.25) is 33.8 Å². The molecule has 2 saturated carbocycles. The van der Waals surface area contributed by atoms with Gasteiger partial charge in [-0.1, -0.05) is 24.3 Å². The predicted octanol–water partition coefficient (Wildman–Crippen LogP) is 0.391. The highest BCUT2D eigenvalue weighted by Gasteiger charge is 2.69. The average molecular weight is 576 g/mol. The molecule has 0 saturated heterocycles. The molecule has 220 valence electrons. The second-order valence-electron chi connectivity index (χ2n) is 12.1. The maximum absolute atomic E-state index is 14.0. The highest BCUT2D eigenvalue weighted by Crippen LogP contribution is 2.52. The first-order chi connectivity index (χ1) is 19.9. The maximum atomic E-state index is 14.0. The molecule has 0 bridgehead atoms. The molecule has 1 aliphatic heterocycles. The molecule has 0 aromatic heterocycles. The first-order valence-electron chi connectivity index (χ1n) is 14.0. The molecule has 0 spiro atoms. The molecule has 2 fully saturated rings. The summed E-state index contributed by atoms with van der Waals surface area (Å²) in [5, 5.41) is 22.8. The summed E-state index contributed by atoms with van der Waals surface area (Å²) in [7, 11) is 4.60. The second-order valence-corrected chi connectivity index (χ2v) is 12.1. The van der Waals surface area contributed by atoms with Gasteiger partial charge in [0.1, 0.15) is 11.5 Å². The van der Waals surface area contributed by atoms with Crippen LogP contribution < -0.4 is 10.5 Å². The molecule has 1 amide bonds. The van der Waals surface area contributed by atoms with Crippen LogP contribution in [0.1, 0.15) is 39.0 Å². The van der Waals surface area contributed by atoms with E-state index in [2.05, 4.69) is 17.0 Å². The summed E-state index contributed by atoms with van der Waals surface area (Å²) in [6.07, 6.45) is 0.135. The number of benzene rings is 2. The van der Waals surface area contributed by atoms with Gasteiger partial charge in [0.25, 0.3) is 0 Å². The number of carbonyl (C=O) groups is 5. The van der Waals surface area contributed by atoms with Crippen LogP contribution in [0.15, 0.2) is 30.3 Å². The van der Waals surface area contributed by atoms with Crippen molar-refractivity contribution in [3.05, 3.63) is 58.1 Å². The van der Waals surface area contributed by atoms with Gasteiger partial charge in [-0.25, -0.2) is 0 Å². The summed E-state index contributed by atoms with van der Waals surface area (Å²) in [4.78, 5) is 70.4. The standard InChI is InChI=1S/C31H33N3O8/c1-33(2)24-19-9-16-8-18-22(25(36)21(16)28(38)31(19,41)29(39)23(26(24)37)30(32)40)20(35)10-17(27(18)42-3)13-34-11-14-6-4-5-7-15(14)12-34/h4-7,10,16,19,21,23-24,35,41H,8-9,11-13H2,1-3H3,(H2,32,40)/t16-,19-,21?,23?,24-,31-/m0/s1. The van der Waals surface area contributed by atoms with E-state index in [1.165, 1.54) is 29.2 Å². The average Bonchev–Trinajstić information content (AvgIpc) is 3.32. The van der Waals surface area contributed by atoms with Crippen LogP contribution in [0.5, 0.6) is 11.5 Å². The van der Waals surface area contributed by atoms with Crippen molar-refractivity contribution < 1.29 is 38.9 Å². The largest absolute Gasteiger partial charge is 0.507 e. The molecule has 2 aromatic rings. The monoisotopic (exact) mass is 575 g/mol. The van der Waals surface area contributed by atoms with E-state index >= 15 is 0 Å². The van der Waals surface area contributed by atoms with Crippen molar-refractivity contribution in [2.75, 3.05) is 21.2 Å². The summed E-state index contributed by atoms with van der Waals surface area (Å²) < 4.78 is 5.81. The number of hydrogen-bond acceptors (Lipinski definition) is 10. The van der Waals surface area contributed by atoms with Crippen molar-refractivity contribution in [3.63, 3.8) is 0 Å². The van der Waals surface area contributed by atoms with Gasteiger partial charge in [0.05, 0.1) is 24.6 Å². The lowest BCUT2D eigenvalue weighted by atomic mass is 9.52. The molecular formula is C31H33N3O8. The smallest absolute Gasteiger partial charge is 0.235 e. The van der Waals surface area contributed by atoms with E-state index in [0.717, 1.165) is 13.1 Å². The number of methoxy groups -OCH3 is 1. The molecule has 11 nitrogen and oxygen atoms in total. The van der Waals surface area contributed by atoms with Crippen molar-refractivity contribution >= 4 is 29.0 Å². The molecule has 4 aliphatic rings. The SMILES string of the molecule is COc1c(CN2Cc3ccccc3C2)cc(O)c2c1C[C@H]1C[C@H]3[C@H](N(C)C)C(=O)C(C(N)=O)C(=O)[C@@]3(O)C(=O)C1C2=O. The zero-order valence-electron chi connectivity index (χ0n) is 23.6. The molecule has 11 heteroatoms. The highest BCUT2D eigenvalue weighted by atomic mass is 16.5. The van der Waals surface area contributed by atoms with Gasteiger partial charge >= 0.3 is 0 Å². The number of fused-ring (bicyclic) bond motifs is 4. The third-order valence-electron chi connectivity index (χ3n) is 9.59. The molecule has 3 aliphatic carbocycles. The van der Waals surface area contributed by atoms with E-state index < -0.39 is 64.4 Å². The summed E-state index contributed by atoms with van der Waals surface area (Å²) >= 11 is 0. The Kier molecular flexibility index (Phi) is 6.60. The van der Waals surface area contributed by atoms with Gasteiger partial charge in [-0.2, -0.15) is 0 Å². The Hall–Kier alpha value is -3.93. The van der Waals surface area contributed by atoms with Gasteiger partial charge in [0.2, 0.25) is 5.91 Å². The minimum absolute atomic E-state index is 0.0144. The third-order valence-corrected chi connectivity index (χ3v) is 9.59. The zero-order valence-corrected chi connectivity index (χ0v) is 23.6. The zero-order chi connectivity index (χ0) is 30.2. The normalized spacial score (nSPS) is 30.5. The number of aliphatic hydroxyl groups is 1. The fourth-order valence-corrected chi connectivity index (χ4v) is 7.84. The number of nitrogens with zero attached hydrogens (tertiary/aromatic N) is 2. The Morgan fingerprint density at radius 3 is 2.33 bits per heavy atom. The van der Waals surface area contributed by atoms with Crippen LogP contribution in [0.4, 0.5) is 0 Å². The number of amides is 1. The molecule has 6 rings (SSSR count). The fraction of sp³-hybridized carbons (Fsp3) is 0.452. The van der Waals surface area contributed by atoms with Gasteiger partial charge in [-0.15, -0.1) is 0 Å². The summed E-state index contributed by atoms with van der Waals surface area (Å²) in [6, 6.07) is 8.45. The van der Waals surface area contributed by atoms with E-state index in [0.29, 0.717) is 23.4 Å². The van der Waals surface area contributed by atoms with Crippen LogP contribution in [-0.2, 0) is 45.2 Å². The number of phenolic OH excluding ortho intramolecular Hbond substituents is 1. The summed E-state index contributed by atoms with van der Waals surface area (Å²) in [6.45, 7) is 1.88. The minimum atomic E-state index is -2.75. The molecule has 0 radical (unpaired) electrons. The van der Waals surface area contributed by atoms with Crippen LogP contribution in [0.25, 0.3) is 0 Å². The number of phenols is 1. The van der Waals surface area contributed by atoms with Crippen LogP contribution in [0, 0.1) is 23.7 Å². The quantitative estimate of drug-likeness (QED) is 0.424. The van der Waals surface area contributed by atoms with Crippen LogP contribution >= 0.6 is 0 Å². The van der Waals surface area contributed by atoms with Crippen molar-refractivity contribution in [3.8, 4) is 11.5 Å². The number of ketones is 4. The van der Waals surface area contributed by atoms with Gasteiger partial charge in [0.15, 0.2) is 34.7 Å². The topological polar surface area (TPSA) is 168 Å². The fourth-order valence-electron chi connectivity index (χ4n) is 7.84. The molecule has 42 heavy (non-hydrogen) atoms. The number of nitrogens with two attached hydrogens (primary N) is 1. The number of aromatic hydroxyl groups is 1. The Bertz CT molecular complexity index is 1540. The lowest BCUT2D eigenvalue weighted by Crippen LogP contribution is -2.74. The van der Waals surface area contributed by atoms with Gasteiger partial charge < -0.3 is 20.7 Å². The van der Waals surface area contributed by atoms with Gasteiger partial charge in [0, 0.05) is 36.7 Å². The van der Waals surface area contributed by atoms with Crippen molar-refractivity contribution in [2.45, 2.75) is 44.1 Å². The van der Waals surface area contributed by atoms with E-state index in [1.807, 2.05) is 12.1 Å². The van der Waals surface area contributed by atoms with Crippen LogP contribution in [0.3, 0.4) is 0 Å². The summed E-state index contributed by atoms with van der Waals surface area (Å²) in [5.41, 5.74) is 6.12. The number of primary amides is 1. The highest BCUT2D eigenvalue weighted by molar-refractivity contribution is 6.32. The Morgan fingerprint density at radius 2 is 1.76 bits per heavy atom. The predicted molar refractivity (Wildman–Crippen MR) is 147 cm³/mol. The molecule has 1 heterocycles. The number of Topliss-reactive ketones (excluding diaryl/α,β-unsaturated/α-hetero) is 4. The van der Waals surface area contributed by atoms with Crippen molar-refractivity contribution in [1.29, 1.82) is 0 Å². The van der Waals surface area contributed by atoms with Crippen LogP contribution in [-0.4, -0.2) is 81.9 Å². The van der Waals surface area contributed by atoms with E-state index in [9.17, 15) is 34.2 Å². The summed E-state index contributed by atoms with van der Waals surface area (Å²) in [5.74, 6) is -10.3. The number of rotatable bonds is 5. The maximum Gasteiger partial charge on any atom is 0.235 e. The van der Waals surface area contributed by atoms with E-state index in [1.54, 1.807) is 14.1 Å². The van der Waals surface area contributed by atoms with Crippen LogP contribution in [0.2, 0.25) is 0 Å². The second kappa shape index (κ2) is 9.82. The molecule has 2 unspecified atom stereocenters. The van der Waals surface area contributed by atoms with Crippen molar-refractivity contribution in [1.82, 2.24) is 9.80 Å². The Balaban J connectivity index is 1.39. The third kappa shape index (κ3) is 3.87. The lowest BCUT2D eigenvalue weighted by Gasteiger charge is -2.52. The van der Waals surface area contributed by atoms with E-state index in [4.69, 9.17) is 10.5 Å².